The molecule has 0 saturated heterocycles. The van der Waals surface area contributed by atoms with Crippen molar-refractivity contribution in [2.24, 2.45) is 11.8 Å². The van der Waals surface area contributed by atoms with Crippen molar-refractivity contribution < 1.29 is 9.90 Å². The number of hydrogen-bond donors (Lipinski definition) is 1. The van der Waals surface area contributed by atoms with Crippen molar-refractivity contribution in [3.05, 3.63) is 12.2 Å². The summed E-state index contributed by atoms with van der Waals surface area (Å²) < 4.78 is 0. The predicted molar refractivity (Wildman–Crippen MR) is 61.6 cm³/mol. The van der Waals surface area contributed by atoms with E-state index in [9.17, 15) is 9.90 Å². The zero-order valence-corrected chi connectivity index (χ0v) is 9.78. The minimum absolute atomic E-state index is 0.112. The van der Waals surface area contributed by atoms with Gasteiger partial charge in [-0.2, -0.15) is 0 Å². The highest BCUT2D eigenvalue weighted by Crippen LogP contribution is 2.28. The van der Waals surface area contributed by atoms with Crippen molar-refractivity contribution in [2.45, 2.75) is 51.6 Å². The van der Waals surface area contributed by atoms with Crippen LogP contribution in [0.3, 0.4) is 0 Å². The number of aliphatic hydroxyl groups is 1. The van der Waals surface area contributed by atoms with Crippen LogP contribution >= 0.6 is 0 Å². The second-order valence-corrected chi connectivity index (χ2v) is 5.18. The van der Waals surface area contributed by atoms with Crippen LogP contribution in [0.2, 0.25) is 0 Å². The maximum absolute atomic E-state index is 10.8. The summed E-state index contributed by atoms with van der Waals surface area (Å²) in [6.07, 6.45) is 10.3. The number of aldehydes is 1. The molecule has 2 unspecified atom stereocenters. The van der Waals surface area contributed by atoms with Crippen molar-refractivity contribution in [1.29, 1.82) is 0 Å². The van der Waals surface area contributed by atoms with Crippen LogP contribution in [0.1, 0.15) is 46.0 Å². The normalized spacial score (nSPS) is 26.6. The first-order valence-electron chi connectivity index (χ1n) is 5.87. The summed E-state index contributed by atoms with van der Waals surface area (Å²) in [5.74, 6) is 0.607. The first-order chi connectivity index (χ1) is 7.03. The lowest BCUT2D eigenvalue weighted by Gasteiger charge is -2.25. The molecule has 1 N–H and O–H groups in total. The number of carbonyl (C=O) groups is 1. The van der Waals surface area contributed by atoms with Crippen molar-refractivity contribution in [2.75, 3.05) is 0 Å². The maximum Gasteiger partial charge on any atom is 0.127 e. The van der Waals surface area contributed by atoms with Gasteiger partial charge in [-0.3, -0.25) is 0 Å². The van der Waals surface area contributed by atoms with Crippen LogP contribution in [0.15, 0.2) is 12.2 Å². The first-order valence-corrected chi connectivity index (χ1v) is 5.87. The van der Waals surface area contributed by atoms with Crippen LogP contribution in [-0.4, -0.2) is 17.0 Å². The Morgan fingerprint density at radius 3 is 2.87 bits per heavy atom. The highest BCUT2D eigenvalue weighted by Gasteiger charge is 2.21. The van der Waals surface area contributed by atoms with E-state index in [0.717, 1.165) is 38.4 Å². The van der Waals surface area contributed by atoms with E-state index in [1.165, 1.54) is 0 Å². The van der Waals surface area contributed by atoms with Crippen molar-refractivity contribution in [1.82, 2.24) is 0 Å². The van der Waals surface area contributed by atoms with Gasteiger partial charge in [0.1, 0.15) is 6.29 Å². The molecule has 2 atom stereocenters. The van der Waals surface area contributed by atoms with E-state index >= 15 is 0 Å². The smallest absolute Gasteiger partial charge is 0.127 e. The van der Waals surface area contributed by atoms with Crippen molar-refractivity contribution in [3.63, 3.8) is 0 Å². The molecule has 0 bridgehead atoms. The molecule has 0 aliphatic heterocycles. The summed E-state index contributed by atoms with van der Waals surface area (Å²) in [7, 11) is 0. The highest BCUT2D eigenvalue weighted by atomic mass is 16.3. The van der Waals surface area contributed by atoms with Crippen LogP contribution in [0.5, 0.6) is 0 Å². The van der Waals surface area contributed by atoms with Gasteiger partial charge in [0.15, 0.2) is 0 Å². The predicted octanol–water partition coefficient (Wildman–Crippen LogP) is 2.71. The highest BCUT2D eigenvalue weighted by molar-refractivity contribution is 5.57. The molecule has 0 radical (unpaired) electrons. The molecule has 0 aromatic heterocycles. The standard InChI is InChI=1S/C13H22O2/c1-13(2,15)9-5-8-11-6-3-4-7-12(11)10-14/h4,7,10-12,15H,3,5-6,8-9H2,1-2H3. The van der Waals surface area contributed by atoms with Gasteiger partial charge in [-0.15, -0.1) is 0 Å². The molecule has 0 aromatic carbocycles. The van der Waals surface area contributed by atoms with Crippen molar-refractivity contribution in [3.8, 4) is 0 Å². The summed E-state index contributed by atoms with van der Waals surface area (Å²) in [5.41, 5.74) is -0.568. The SMILES string of the molecule is CC(C)(O)CCCC1CCC=CC1C=O. The molecule has 0 saturated carbocycles. The third-order valence-corrected chi connectivity index (χ3v) is 3.13. The Kier molecular flexibility index (Phi) is 4.52. The molecular weight excluding hydrogens is 188 g/mol. The van der Waals surface area contributed by atoms with Gasteiger partial charge < -0.3 is 9.90 Å². The number of hydrogen-bond acceptors (Lipinski definition) is 2. The monoisotopic (exact) mass is 210 g/mol. The second-order valence-electron chi connectivity index (χ2n) is 5.18. The third kappa shape index (κ3) is 4.61. The minimum atomic E-state index is -0.568. The molecule has 15 heavy (non-hydrogen) atoms. The Labute approximate surface area is 92.4 Å². The largest absolute Gasteiger partial charge is 0.390 e. The zero-order chi connectivity index (χ0) is 11.3. The van der Waals surface area contributed by atoms with Gasteiger partial charge in [-0.05, 0) is 45.4 Å². The molecule has 0 heterocycles. The Balaban J connectivity index is 2.31. The molecule has 2 heteroatoms. The zero-order valence-electron chi connectivity index (χ0n) is 9.78. The van der Waals surface area contributed by atoms with Crippen molar-refractivity contribution >= 4 is 6.29 Å². The van der Waals surface area contributed by atoms with Gasteiger partial charge in [0, 0.05) is 5.92 Å². The van der Waals surface area contributed by atoms with Crippen LogP contribution in [-0.2, 0) is 4.79 Å². The minimum Gasteiger partial charge on any atom is -0.390 e. The summed E-state index contributed by atoms with van der Waals surface area (Å²) in [4.78, 5) is 10.8. The summed E-state index contributed by atoms with van der Waals surface area (Å²) >= 11 is 0. The fourth-order valence-corrected chi connectivity index (χ4v) is 2.20. The van der Waals surface area contributed by atoms with E-state index in [-0.39, 0.29) is 5.92 Å². The number of rotatable bonds is 5. The molecule has 2 nitrogen and oxygen atoms in total. The van der Waals surface area contributed by atoms with E-state index in [0.29, 0.717) is 5.92 Å². The fourth-order valence-electron chi connectivity index (χ4n) is 2.20. The lowest BCUT2D eigenvalue weighted by atomic mass is 9.81. The average Bonchev–Trinajstić information content (AvgIpc) is 2.16. The number of allylic oxidation sites excluding steroid dienone is 2. The van der Waals surface area contributed by atoms with Gasteiger partial charge in [0.2, 0.25) is 0 Å². The lowest BCUT2D eigenvalue weighted by Crippen LogP contribution is -2.21. The second kappa shape index (κ2) is 5.45. The summed E-state index contributed by atoms with van der Waals surface area (Å²) in [6.45, 7) is 3.68. The summed E-state index contributed by atoms with van der Waals surface area (Å²) in [5, 5.41) is 9.59. The average molecular weight is 210 g/mol. The van der Waals surface area contributed by atoms with E-state index in [4.69, 9.17) is 0 Å². The van der Waals surface area contributed by atoms with Crippen LogP contribution in [0.25, 0.3) is 0 Å². The van der Waals surface area contributed by atoms with Gasteiger partial charge >= 0.3 is 0 Å². The Morgan fingerprint density at radius 2 is 2.27 bits per heavy atom. The van der Waals surface area contributed by atoms with E-state index in [2.05, 4.69) is 6.08 Å². The van der Waals surface area contributed by atoms with Gasteiger partial charge in [-0.25, -0.2) is 0 Å². The third-order valence-electron chi connectivity index (χ3n) is 3.13. The topological polar surface area (TPSA) is 37.3 Å². The number of carbonyl (C=O) groups excluding carboxylic acids is 1. The Hall–Kier alpha value is -0.630. The van der Waals surface area contributed by atoms with Crippen LogP contribution < -0.4 is 0 Å². The van der Waals surface area contributed by atoms with Gasteiger partial charge in [-0.1, -0.05) is 18.6 Å². The first kappa shape index (κ1) is 12.4. The lowest BCUT2D eigenvalue weighted by molar-refractivity contribution is -0.111. The Bertz CT molecular complexity index is 225. The molecule has 0 aromatic rings. The maximum atomic E-state index is 10.8. The molecule has 1 aliphatic rings. The van der Waals surface area contributed by atoms with Crippen LogP contribution in [0, 0.1) is 11.8 Å². The fraction of sp³-hybridized carbons (Fsp3) is 0.769. The molecule has 1 rings (SSSR count). The summed E-state index contributed by atoms with van der Waals surface area (Å²) in [6, 6.07) is 0. The molecule has 0 spiro atoms. The quantitative estimate of drug-likeness (QED) is 0.559. The van der Waals surface area contributed by atoms with E-state index in [1.54, 1.807) is 0 Å². The molecule has 86 valence electrons. The van der Waals surface area contributed by atoms with Gasteiger partial charge in [0.25, 0.3) is 0 Å². The van der Waals surface area contributed by atoms with E-state index in [1.807, 2.05) is 19.9 Å². The van der Waals surface area contributed by atoms with Gasteiger partial charge in [0.05, 0.1) is 5.60 Å². The van der Waals surface area contributed by atoms with Crippen LogP contribution in [0.4, 0.5) is 0 Å². The molecular formula is C13H22O2. The Morgan fingerprint density at radius 1 is 1.53 bits per heavy atom. The van der Waals surface area contributed by atoms with E-state index < -0.39 is 5.60 Å². The molecule has 0 fully saturated rings. The molecule has 0 amide bonds. The molecule has 1 aliphatic carbocycles.